The molecule has 0 aromatic rings. The highest BCUT2D eigenvalue weighted by molar-refractivity contribution is 5.92. The topological polar surface area (TPSA) is 160 Å². The molecule has 10 heteroatoms. The number of likely N-dealkylation sites (N-methyl/N-ethyl adjacent to an activating group) is 1. The van der Waals surface area contributed by atoms with Gasteiger partial charge < -0.3 is 36.6 Å². The fourth-order valence-corrected chi connectivity index (χ4v) is 3.94. The zero-order chi connectivity index (χ0) is 21.8. The Morgan fingerprint density at radius 2 is 1.93 bits per heavy atom. The van der Waals surface area contributed by atoms with Crippen molar-refractivity contribution in [3.8, 4) is 0 Å². The van der Waals surface area contributed by atoms with E-state index in [0.717, 1.165) is 0 Å². The number of aliphatic hydroxyl groups is 3. The summed E-state index contributed by atoms with van der Waals surface area (Å²) >= 11 is 0. The third-order valence-electron chi connectivity index (χ3n) is 5.62. The number of hydrogen-bond acceptors (Lipinski definition) is 7. The van der Waals surface area contributed by atoms with E-state index in [2.05, 4.69) is 21.3 Å². The maximum atomic E-state index is 12.7. The SMILES string of the molecule is CNC(CC(C)C)C(=O)NC1CC(O)(C(=O)NC2CCCNC2=O)CC(O)C1O. The van der Waals surface area contributed by atoms with E-state index < -0.39 is 41.8 Å². The third-order valence-corrected chi connectivity index (χ3v) is 5.62. The van der Waals surface area contributed by atoms with Crippen LogP contribution in [0.3, 0.4) is 0 Å². The van der Waals surface area contributed by atoms with Crippen molar-refractivity contribution in [3.05, 3.63) is 0 Å². The smallest absolute Gasteiger partial charge is 0.252 e. The standard InChI is InChI=1S/C19H34N4O6/c1-10(2)7-12(20-3)17(27)22-13-8-19(29,9-14(24)15(13)25)18(28)23-11-5-4-6-21-16(11)26/h10-15,20,24-25,29H,4-9H2,1-3H3,(H,21,26)(H,22,27)(H,23,28). The van der Waals surface area contributed by atoms with Crippen LogP contribution in [0.1, 0.15) is 46.0 Å². The van der Waals surface area contributed by atoms with Crippen molar-refractivity contribution in [1.82, 2.24) is 21.3 Å². The molecule has 3 amide bonds. The first-order chi connectivity index (χ1) is 13.6. The summed E-state index contributed by atoms with van der Waals surface area (Å²) in [6.07, 6.45) is -1.65. The Bertz CT molecular complexity index is 616. The molecule has 166 valence electrons. The van der Waals surface area contributed by atoms with E-state index in [-0.39, 0.29) is 30.6 Å². The van der Waals surface area contributed by atoms with Gasteiger partial charge in [0.2, 0.25) is 11.8 Å². The van der Waals surface area contributed by atoms with Gasteiger partial charge in [0.15, 0.2) is 0 Å². The van der Waals surface area contributed by atoms with E-state index in [1.54, 1.807) is 7.05 Å². The van der Waals surface area contributed by atoms with Crippen molar-refractivity contribution in [3.63, 3.8) is 0 Å². The van der Waals surface area contributed by atoms with Gasteiger partial charge in [0.25, 0.3) is 5.91 Å². The molecule has 6 unspecified atom stereocenters. The van der Waals surface area contributed by atoms with Crippen molar-refractivity contribution in [2.24, 2.45) is 5.92 Å². The Morgan fingerprint density at radius 1 is 1.24 bits per heavy atom. The van der Waals surface area contributed by atoms with E-state index >= 15 is 0 Å². The van der Waals surface area contributed by atoms with Crippen LogP contribution in [-0.4, -0.2) is 82.6 Å². The Kier molecular flexibility index (Phi) is 7.98. The van der Waals surface area contributed by atoms with Crippen LogP contribution in [0.15, 0.2) is 0 Å². The number of carbonyl (C=O) groups is 3. The molecule has 0 aromatic heterocycles. The highest BCUT2D eigenvalue weighted by Crippen LogP contribution is 2.30. The minimum atomic E-state index is -2.01. The molecule has 2 aliphatic rings. The van der Waals surface area contributed by atoms with Crippen LogP contribution in [0, 0.1) is 5.92 Å². The maximum Gasteiger partial charge on any atom is 0.252 e. The second-order valence-electron chi connectivity index (χ2n) is 8.54. The van der Waals surface area contributed by atoms with Crippen LogP contribution < -0.4 is 21.3 Å². The van der Waals surface area contributed by atoms with Crippen molar-refractivity contribution in [1.29, 1.82) is 0 Å². The van der Waals surface area contributed by atoms with Gasteiger partial charge in [-0.1, -0.05) is 13.8 Å². The largest absolute Gasteiger partial charge is 0.390 e. The number of carbonyl (C=O) groups excluding carboxylic acids is 3. The Balaban J connectivity index is 2.07. The molecule has 1 heterocycles. The van der Waals surface area contributed by atoms with Gasteiger partial charge in [0, 0.05) is 19.4 Å². The Morgan fingerprint density at radius 3 is 2.52 bits per heavy atom. The van der Waals surface area contributed by atoms with Gasteiger partial charge in [-0.3, -0.25) is 14.4 Å². The maximum absolute atomic E-state index is 12.7. The average molecular weight is 415 g/mol. The van der Waals surface area contributed by atoms with E-state index in [0.29, 0.717) is 25.8 Å². The minimum absolute atomic E-state index is 0.254. The minimum Gasteiger partial charge on any atom is -0.390 e. The quantitative estimate of drug-likeness (QED) is 0.248. The van der Waals surface area contributed by atoms with Crippen molar-refractivity contribution < 1.29 is 29.7 Å². The molecular formula is C19H34N4O6. The molecular weight excluding hydrogens is 380 g/mol. The molecule has 2 fully saturated rings. The highest BCUT2D eigenvalue weighted by Gasteiger charge is 2.50. The van der Waals surface area contributed by atoms with Crippen LogP contribution in [0.4, 0.5) is 0 Å². The summed E-state index contributed by atoms with van der Waals surface area (Å²) in [5.74, 6) is -1.24. The van der Waals surface area contributed by atoms with E-state index in [4.69, 9.17) is 0 Å². The number of nitrogens with one attached hydrogen (secondary N) is 4. The third kappa shape index (κ3) is 5.88. The zero-order valence-corrected chi connectivity index (χ0v) is 17.3. The van der Waals surface area contributed by atoms with Crippen LogP contribution in [-0.2, 0) is 14.4 Å². The molecule has 1 aliphatic heterocycles. The summed E-state index contributed by atoms with van der Waals surface area (Å²) in [7, 11) is 1.65. The first-order valence-corrected chi connectivity index (χ1v) is 10.2. The molecule has 0 aromatic carbocycles. The van der Waals surface area contributed by atoms with Crippen LogP contribution >= 0.6 is 0 Å². The second kappa shape index (κ2) is 9.84. The molecule has 1 saturated carbocycles. The van der Waals surface area contributed by atoms with Crippen LogP contribution in [0.2, 0.25) is 0 Å². The predicted molar refractivity (Wildman–Crippen MR) is 105 cm³/mol. The highest BCUT2D eigenvalue weighted by atomic mass is 16.3. The van der Waals surface area contributed by atoms with Gasteiger partial charge in [-0.2, -0.15) is 0 Å². The van der Waals surface area contributed by atoms with Crippen LogP contribution in [0.5, 0.6) is 0 Å². The van der Waals surface area contributed by atoms with Gasteiger partial charge in [-0.25, -0.2) is 0 Å². The number of hydrogen-bond donors (Lipinski definition) is 7. The van der Waals surface area contributed by atoms with E-state index in [1.807, 2.05) is 13.8 Å². The fraction of sp³-hybridized carbons (Fsp3) is 0.842. The molecule has 6 atom stereocenters. The lowest BCUT2D eigenvalue weighted by molar-refractivity contribution is -0.161. The monoisotopic (exact) mass is 414 g/mol. The number of piperidine rings is 1. The fourth-order valence-electron chi connectivity index (χ4n) is 3.94. The van der Waals surface area contributed by atoms with Gasteiger partial charge in [-0.05, 0) is 32.2 Å². The lowest BCUT2D eigenvalue weighted by Gasteiger charge is -2.42. The Hall–Kier alpha value is -1.75. The first-order valence-electron chi connectivity index (χ1n) is 10.2. The lowest BCUT2D eigenvalue weighted by atomic mass is 9.77. The van der Waals surface area contributed by atoms with Crippen LogP contribution in [0.25, 0.3) is 0 Å². The van der Waals surface area contributed by atoms with E-state index in [9.17, 15) is 29.7 Å². The summed E-state index contributed by atoms with van der Waals surface area (Å²) in [4.78, 5) is 37.1. The second-order valence-corrected chi connectivity index (χ2v) is 8.54. The molecule has 1 aliphatic carbocycles. The zero-order valence-electron chi connectivity index (χ0n) is 17.3. The average Bonchev–Trinajstić information content (AvgIpc) is 2.65. The van der Waals surface area contributed by atoms with Gasteiger partial charge in [0.05, 0.1) is 18.2 Å². The normalized spacial score (nSPS) is 33.7. The van der Waals surface area contributed by atoms with Crippen molar-refractivity contribution in [2.45, 2.75) is 81.9 Å². The number of aliphatic hydroxyl groups excluding tert-OH is 2. The predicted octanol–water partition coefficient (Wildman–Crippen LogP) is -2.25. The summed E-state index contributed by atoms with van der Waals surface area (Å²) in [5, 5.41) is 42.1. The molecule has 0 spiro atoms. The molecule has 29 heavy (non-hydrogen) atoms. The first kappa shape index (κ1) is 23.5. The Labute approximate surface area is 170 Å². The molecule has 0 radical (unpaired) electrons. The summed E-state index contributed by atoms with van der Waals surface area (Å²) in [6.45, 7) is 4.49. The van der Waals surface area contributed by atoms with Gasteiger partial charge in [-0.15, -0.1) is 0 Å². The van der Waals surface area contributed by atoms with Crippen molar-refractivity contribution >= 4 is 17.7 Å². The summed E-state index contributed by atoms with van der Waals surface area (Å²) in [6, 6.07) is -2.27. The number of rotatable bonds is 7. The van der Waals surface area contributed by atoms with Gasteiger partial charge >= 0.3 is 0 Å². The summed E-state index contributed by atoms with van der Waals surface area (Å²) in [5.41, 5.74) is -2.01. The number of amides is 3. The molecule has 7 N–H and O–H groups in total. The van der Waals surface area contributed by atoms with E-state index in [1.165, 1.54) is 0 Å². The molecule has 10 nitrogen and oxygen atoms in total. The lowest BCUT2D eigenvalue weighted by Crippen LogP contribution is -2.65. The van der Waals surface area contributed by atoms with Crippen molar-refractivity contribution in [2.75, 3.05) is 13.6 Å². The molecule has 1 saturated heterocycles. The summed E-state index contributed by atoms with van der Waals surface area (Å²) < 4.78 is 0. The molecule has 0 bridgehead atoms. The molecule has 2 rings (SSSR count). The van der Waals surface area contributed by atoms with Gasteiger partial charge in [0.1, 0.15) is 17.7 Å².